The standard InChI is InChI=1S/C13H15N3O2S2/c1-16(9-3-4-9)12(17)7-20(18)13-15-10-5-2-8(14)6-11(10)19-13/h2,5-6,9H,3-4,7,14H2,1H3. The Morgan fingerprint density at radius 2 is 2.30 bits per heavy atom. The Morgan fingerprint density at radius 3 is 3.00 bits per heavy atom. The largest absolute Gasteiger partial charge is 0.399 e. The summed E-state index contributed by atoms with van der Waals surface area (Å²) in [6, 6.07) is 5.72. The van der Waals surface area contributed by atoms with Crippen LogP contribution in [0.25, 0.3) is 10.2 Å². The number of hydrogen-bond donors (Lipinski definition) is 1. The van der Waals surface area contributed by atoms with E-state index in [-0.39, 0.29) is 11.7 Å². The highest BCUT2D eigenvalue weighted by Crippen LogP contribution is 2.28. The lowest BCUT2D eigenvalue weighted by molar-refractivity contribution is -0.127. The Bertz CT molecular complexity index is 694. The van der Waals surface area contributed by atoms with Gasteiger partial charge in [-0.25, -0.2) is 4.98 Å². The molecule has 1 aliphatic rings. The van der Waals surface area contributed by atoms with E-state index >= 15 is 0 Å². The Labute approximate surface area is 123 Å². The first-order valence-electron chi connectivity index (χ1n) is 6.34. The normalized spacial score (nSPS) is 16.2. The summed E-state index contributed by atoms with van der Waals surface area (Å²) in [6.07, 6.45) is 2.10. The molecule has 20 heavy (non-hydrogen) atoms. The number of carbonyl (C=O) groups excluding carboxylic acids is 1. The van der Waals surface area contributed by atoms with Gasteiger partial charge in [0.05, 0.1) is 21.0 Å². The maximum absolute atomic E-state index is 12.2. The second kappa shape index (κ2) is 5.14. The molecule has 7 heteroatoms. The molecule has 0 aliphatic heterocycles. The van der Waals surface area contributed by atoms with Crippen molar-refractivity contribution >= 4 is 43.9 Å². The number of hydrogen-bond acceptors (Lipinski definition) is 5. The van der Waals surface area contributed by atoms with Gasteiger partial charge in [0.25, 0.3) is 0 Å². The minimum Gasteiger partial charge on any atom is -0.399 e. The molecule has 0 bridgehead atoms. The van der Waals surface area contributed by atoms with Crippen molar-refractivity contribution in [2.24, 2.45) is 0 Å². The van der Waals surface area contributed by atoms with Gasteiger partial charge >= 0.3 is 0 Å². The fraction of sp³-hybridized carbons (Fsp3) is 0.385. The van der Waals surface area contributed by atoms with Crippen LogP contribution >= 0.6 is 11.3 Å². The molecule has 1 aliphatic carbocycles. The van der Waals surface area contributed by atoms with Crippen molar-refractivity contribution in [2.45, 2.75) is 23.2 Å². The highest BCUT2D eigenvalue weighted by Gasteiger charge is 2.30. The minimum absolute atomic E-state index is 0.00229. The summed E-state index contributed by atoms with van der Waals surface area (Å²) in [7, 11) is 0.387. The molecule has 2 aromatic rings. The quantitative estimate of drug-likeness (QED) is 0.871. The molecule has 5 nitrogen and oxygen atoms in total. The molecule has 0 radical (unpaired) electrons. The third-order valence-electron chi connectivity index (χ3n) is 3.33. The Hall–Kier alpha value is -1.47. The molecule has 1 aromatic carbocycles. The fourth-order valence-electron chi connectivity index (χ4n) is 1.96. The van der Waals surface area contributed by atoms with E-state index in [1.165, 1.54) is 11.3 Å². The average Bonchev–Trinajstić information content (AvgIpc) is 3.17. The Balaban J connectivity index is 1.76. The molecule has 1 fully saturated rings. The second-order valence-electron chi connectivity index (χ2n) is 4.93. The van der Waals surface area contributed by atoms with Crippen molar-refractivity contribution in [1.29, 1.82) is 0 Å². The van der Waals surface area contributed by atoms with Crippen molar-refractivity contribution < 1.29 is 9.00 Å². The first-order valence-corrected chi connectivity index (χ1v) is 8.48. The van der Waals surface area contributed by atoms with Gasteiger partial charge < -0.3 is 10.6 Å². The summed E-state index contributed by atoms with van der Waals surface area (Å²) in [4.78, 5) is 18.0. The van der Waals surface area contributed by atoms with Gasteiger partial charge in [-0.2, -0.15) is 0 Å². The summed E-state index contributed by atoms with van der Waals surface area (Å²) < 4.78 is 13.6. The van der Waals surface area contributed by atoms with Gasteiger partial charge in [-0.05, 0) is 31.0 Å². The number of nitrogens with two attached hydrogens (primary N) is 1. The molecule has 2 N–H and O–H groups in total. The fourth-order valence-corrected chi connectivity index (χ4v) is 4.27. The summed E-state index contributed by atoms with van der Waals surface area (Å²) >= 11 is 1.34. The number of fused-ring (bicyclic) bond motifs is 1. The summed E-state index contributed by atoms with van der Waals surface area (Å²) in [5, 5.41) is 0. The maximum Gasteiger partial charge on any atom is 0.235 e. The second-order valence-corrected chi connectivity index (χ2v) is 7.59. The van der Waals surface area contributed by atoms with Crippen molar-refractivity contribution in [1.82, 2.24) is 9.88 Å². The van der Waals surface area contributed by atoms with Crippen molar-refractivity contribution in [3.05, 3.63) is 18.2 Å². The number of thiazole rings is 1. The predicted molar refractivity (Wildman–Crippen MR) is 81.1 cm³/mol. The van der Waals surface area contributed by atoms with Crippen LogP contribution in [-0.2, 0) is 15.6 Å². The maximum atomic E-state index is 12.2. The zero-order chi connectivity index (χ0) is 14.3. The Morgan fingerprint density at radius 1 is 1.55 bits per heavy atom. The molecule has 1 heterocycles. The van der Waals surface area contributed by atoms with Gasteiger partial charge in [-0.15, -0.1) is 11.3 Å². The van der Waals surface area contributed by atoms with Gasteiger partial charge in [0, 0.05) is 18.8 Å². The lowest BCUT2D eigenvalue weighted by Gasteiger charge is -2.15. The molecule has 1 aromatic heterocycles. The predicted octanol–water partition coefficient (Wildman–Crippen LogP) is 1.61. The van der Waals surface area contributed by atoms with Gasteiger partial charge in [-0.3, -0.25) is 9.00 Å². The molecule has 1 atom stereocenters. The van der Waals surface area contributed by atoms with Crippen LogP contribution < -0.4 is 5.73 Å². The van der Waals surface area contributed by atoms with E-state index in [0.717, 1.165) is 23.1 Å². The number of anilines is 1. The zero-order valence-corrected chi connectivity index (χ0v) is 12.7. The summed E-state index contributed by atoms with van der Waals surface area (Å²) in [5.74, 6) is -0.0768. The molecular weight excluding hydrogens is 294 g/mol. The van der Waals surface area contributed by atoms with Crippen LogP contribution in [0.2, 0.25) is 0 Å². The van der Waals surface area contributed by atoms with E-state index < -0.39 is 10.8 Å². The molecule has 3 rings (SSSR count). The zero-order valence-electron chi connectivity index (χ0n) is 11.0. The van der Waals surface area contributed by atoms with Crippen molar-refractivity contribution in [3.63, 3.8) is 0 Å². The van der Waals surface area contributed by atoms with Crippen molar-refractivity contribution in [3.8, 4) is 0 Å². The number of benzene rings is 1. The van der Waals surface area contributed by atoms with E-state index in [9.17, 15) is 9.00 Å². The topological polar surface area (TPSA) is 76.3 Å². The molecule has 0 spiro atoms. The van der Waals surface area contributed by atoms with E-state index in [2.05, 4.69) is 4.98 Å². The first-order chi connectivity index (χ1) is 9.54. The van der Waals surface area contributed by atoms with E-state index in [4.69, 9.17) is 5.73 Å². The van der Waals surface area contributed by atoms with Crippen LogP contribution in [0, 0.1) is 0 Å². The third-order valence-corrected chi connectivity index (χ3v) is 5.94. The number of rotatable bonds is 4. The van der Waals surface area contributed by atoms with Gasteiger partial charge in [0.1, 0.15) is 5.75 Å². The number of aromatic nitrogens is 1. The molecule has 0 saturated heterocycles. The Kier molecular flexibility index (Phi) is 3.47. The summed E-state index contributed by atoms with van der Waals surface area (Å²) in [5.41, 5.74) is 7.14. The number of amides is 1. The van der Waals surface area contributed by atoms with E-state index in [1.54, 1.807) is 24.1 Å². The van der Waals surface area contributed by atoms with Gasteiger partial charge in [-0.1, -0.05) is 0 Å². The molecule has 1 saturated carbocycles. The number of nitrogens with zero attached hydrogens (tertiary/aromatic N) is 2. The van der Waals surface area contributed by atoms with Crippen LogP contribution in [0.4, 0.5) is 5.69 Å². The van der Waals surface area contributed by atoms with Crippen LogP contribution in [0.1, 0.15) is 12.8 Å². The van der Waals surface area contributed by atoms with Gasteiger partial charge in [0.2, 0.25) is 5.91 Å². The SMILES string of the molecule is CN(C(=O)CS(=O)c1nc2ccc(N)cc2s1)C1CC1. The van der Waals surface area contributed by atoms with Crippen LogP contribution in [0.3, 0.4) is 0 Å². The highest BCUT2D eigenvalue weighted by molar-refractivity contribution is 7.88. The van der Waals surface area contributed by atoms with Crippen LogP contribution in [-0.4, -0.2) is 38.8 Å². The summed E-state index contributed by atoms with van der Waals surface area (Å²) in [6.45, 7) is 0. The third kappa shape index (κ3) is 2.69. The van der Waals surface area contributed by atoms with E-state index in [1.807, 2.05) is 6.07 Å². The number of carbonyl (C=O) groups is 1. The van der Waals surface area contributed by atoms with Gasteiger partial charge in [0.15, 0.2) is 4.34 Å². The van der Waals surface area contributed by atoms with Crippen LogP contribution in [0.15, 0.2) is 22.5 Å². The lowest BCUT2D eigenvalue weighted by atomic mass is 10.3. The molecule has 1 amide bonds. The molecule has 106 valence electrons. The molecular formula is C13H15N3O2S2. The van der Waals surface area contributed by atoms with E-state index in [0.29, 0.717) is 16.1 Å². The smallest absolute Gasteiger partial charge is 0.235 e. The average molecular weight is 309 g/mol. The lowest BCUT2D eigenvalue weighted by Crippen LogP contribution is -2.32. The number of nitrogen functional groups attached to an aromatic ring is 1. The molecule has 1 unspecified atom stereocenters. The van der Waals surface area contributed by atoms with Crippen molar-refractivity contribution in [2.75, 3.05) is 18.5 Å². The monoisotopic (exact) mass is 309 g/mol. The first kappa shape index (κ1) is 13.5. The highest BCUT2D eigenvalue weighted by atomic mass is 32.2. The van der Waals surface area contributed by atoms with Crippen LogP contribution in [0.5, 0.6) is 0 Å². The minimum atomic E-state index is -1.39.